The number of piperidine rings is 2. The Bertz CT molecular complexity index is 7270. The maximum absolute atomic E-state index is 13.4. The summed E-state index contributed by atoms with van der Waals surface area (Å²) in [5.74, 6) is -2.14. The number of nitriles is 5. The number of aliphatic carboxylic acids is 1. The second kappa shape index (κ2) is 58.6. The summed E-state index contributed by atoms with van der Waals surface area (Å²) in [6.07, 6.45) is 15.4. The van der Waals surface area contributed by atoms with Crippen LogP contribution in [0.1, 0.15) is 169 Å². The molecule has 0 amide bonds. The summed E-state index contributed by atoms with van der Waals surface area (Å²) in [6, 6.07) is 60.5. The zero-order valence-electron chi connectivity index (χ0n) is 80.8. The molecule has 15 aromatic rings. The minimum atomic E-state index is -0.934. The van der Waals surface area contributed by atoms with Gasteiger partial charge in [0.25, 0.3) is 0 Å². The van der Waals surface area contributed by atoms with Crippen LogP contribution in [0.5, 0.6) is 0 Å². The number of ketones is 3. The maximum Gasteiger partial charge on any atom is 0.310 e. The van der Waals surface area contributed by atoms with Crippen LogP contribution in [0.3, 0.4) is 0 Å². The molecule has 17 rings (SSSR count). The summed E-state index contributed by atoms with van der Waals surface area (Å²) in [5.41, 5.74) is 23.9. The largest absolute Gasteiger partial charge is 0.481 e. The number of Topliss-reactive ketones (excluding diaryl/α,β-unsaturated/α-hetero) is 3. The van der Waals surface area contributed by atoms with Crippen molar-refractivity contribution >= 4 is 192 Å². The molecule has 3 radical (unpaired) electrons. The van der Waals surface area contributed by atoms with E-state index >= 15 is 0 Å². The van der Waals surface area contributed by atoms with Crippen molar-refractivity contribution in [3.05, 3.63) is 309 Å². The van der Waals surface area contributed by atoms with Crippen LogP contribution in [0, 0.1) is 106 Å². The monoisotopic (exact) mass is 2460 g/mol. The molecule has 10 aromatic heterocycles. The Labute approximate surface area is 927 Å². The molecule has 0 saturated carbocycles. The van der Waals surface area contributed by atoms with E-state index in [9.17, 15) is 38.7 Å². The molecule has 739 valence electrons. The summed E-state index contributed by atoms with van der Waals surface area (Å²) < 4.78 is 28.0. The third kappa shape index (κ3) is 30.4. The summed E-state index contributed by atoms with van der Waals surface area (Å²) in [6.45, 7) is 20.5. The number of carboxylic acid groups (broad SMARTS) is 1. The van der Waals surface area contributed by atoms with Gasteiger partial charge in [0, 0.05) is 148 Å². The van der Waals surface area contributed by atoms with Crippen molar-refractivity contribution < 1.29 is 109 Å². The van der Waals surface area contributed by atoms with E-state index in [4.69, 9.17) is 52.1 Å². The van der Waals surface area contributed by atoms with E-state index in [-0.39, 0.29) is 130 Å². The maximum atomic E-state index is 13.4. The van der Waals surface area contributed by atoms with Gasteiger partial charge in [-0.3, -0.25) is 73.2 Å². The smallest absolute Gasteiger partial charge is 0.310 e. The van der Waals surface area contributed by atoms with Crippen LogP contribution in [0.4, 0.5) is 0 Å². The van der Waals surface area contributed by atoms with Gasteiger partial charge < -0.3 is 117 Å². The molecule has 2 fully saturated rings. The van der Waals surface area contributed by atoms with Gasteiger partial charge in [0.2, 0.25) is 0 Å². The average molecular weight is 2460 g/mol. The van der Waals surface area contributed by atoms with Gasteiger partial charge in [0.05, 0.1) is 194 Å². The fourth-order valence-corrected chi connectivity index (χ4v) is 17.5. The molecular weight excluding hydrogens is 2360 g/mol. The number of ether oxygens (including phenoxy) is 3. The van der Waals surface area contributed by atoms with E-state index < -0.39 is 5.97 Å². The molecule has 1 N–H and O–H groups in total. The number of nitrogens with zero attached hydrogens (tertiary/aromatic N) is 17. The van der Waals surface area contributed by atoms with Gasteiger partial charge in [-0.15, -0.1) is 11.6 Å². The van der Waals surface area contributed by atoms with E-state index in [1.807, 2.05) is 164 Å². The van der Waals surface area contributed by atoms with Crippen molar-refractivity contribution in [2.75, 3.05) is 65.0 Å². The molecule has 0 spiro atoms. The van der Waals surface area contributed by atoms with Gasteiger partial charge in [-0.05, 0) is 309 Å². The number of aryl methyl sites for hydroxylation is 2. The van der Waals surface area contributed by atoms with Gasteiger partial charge in [-0.1, -0.05) is 12.8 Å². The van der Waals surface area contributed by atoms with Crippen molar-refractivity contribution in [2.45, 2.75) is 120 Å². The molecule has 36 heteroatoms. The second-order valence-electron chi connectivity index (χ2n) is 32.5. The number of esters is 3. The first-order valence-corrected chi connectivity index (χ1v) is 50.3. The van der Waals surface area contributed by atoms with Crippen LogP contribution in [0.25, 0.3) is 83.6 Å². The third-order valence-corrected chi connectivity index (χ3v) is 23.8. The van der Waals surface area contributed by atoms with Crippen molar-refractivity contribution in [1.82, 2.24) is 57.6 Å². The average Bonchev–Trinajstić information content (AvgIpc) is 1.61. The van der Waals surface area contributed by atoms with Gasteiger partial charge in [0.15, 0.2) is 17.3 Å². The first kappa shape index (κ1) is 119. The number of hydrogen-bond donors (Lipinski definition) is 1. The minimum Gasteiger partial charge on any atom is -0.481 e. The van der Waals surface area contributed by atoms with Crippen LogP contribution >= 0.6 is 95.3 Å². The molecule has 12 heterocycles. The molecule has 0 aliphatic carbocycles. The van der Waals surface area contributed by atoms with Crippen molar-refractivity contribution in [3.8, 4) is 58.8 Å². The molecule has 144 heavy (non-hydrogen) atoms. The Hall–Kier alpha value is -11.5. The van der Waals surface area contributed by atoms with Gasteiger partial charge >= 0.3 is 23.9 Å². The van der Waals surface area contributed by atoms with Crippen molar-refractivity contribution in [2.24, 2.45) is 0 Å². The first-order valence-electron chi connectivity index (χ1n) is 44.9. The van der Waals surface area contributed by atoms with Crippen molar-refractivity contribution in [3.63, 3.8) is 0 Å². The van der Waals surface area contributed by atoms with Gasteiger partial charge in [-0.2, -0.15) is 26.3 Å². The van der Waals surface area contributed by atoms with Crippen LogP contribution in [0.15, 0.2) is 199 Å². The van der Waals surface area contributed by atoms with Crippen LogP contribution in [-0.2, 0) is 115 Å². The standard InChI is InChI=1S/C26H28N4O3.C24H24N4O3.C21H18ClN3O3.C19H17N3O2.C15H10BrN3.CHI2.CH2I.CH3.3V/c1-3-33-24(32)14-20-13-22-26(28-16-20)25(23(31)17-29-11-5-4-6-12-29)18(2)30(22)21-9-7-19(15-27)8-10-21;1-16-23(21(29)15-27-9-3-2-4-10-27)24-20(11-18(14-26-24)12-22(30)31)28(16)19-7-5-17(13-25)6-8-19;1-3-28-19(27)9-15-8-17-21(24-12-15)20(18(26)10-22)13(2)25(17)16-6-4-14(11-23)5-7-16;1-3-24-19(23)10-15-9-18-17(21-12-15)8-13(2)22(18)16-6-4-14(11-20)5-7-16;1-10-6-14-15(7-12(16)9-18-14)19(10)13-4-2-11(8-17)3-5-13;2-1-3;1-2;;;;/h7-10,13,16H,3-6,11-12,14,17H2,1-2H3;5-8,11,14H,2-4,9-10,12,15H2,1H3,(H,30,31);4-8,12H,3,9-10H2,1-2H3;4-9,12H,3,10H2,1-2H3;2-7,9H,1H3;1H;1H2;1H3;;;/q;;;;;3*-1;;;. The third-order valence-electron chi connectivity index (χ3n) is 23.2. The topological polar surface area (TPSA) is 382 Å². The number of fused-ring (bicyclic) bond motifs is 5. The van der Waals surface area contributed by atoms with E-state index in [2.05, 4.69) is 146 Å². The summed E-state index contributed by atoms with van der Waals surface area (Å²) in [5, 5.41) is 54.3. The summed E-state index contributed by atoms with van der Waals surface area (Å²) >= 11 is 15.5. The number of benzene rings is 5. The Morgan fingerprint density at radius 3 is 0.931 bits per heavy atom. The number of carboxylic acids is 1. The molecule has 2 aliphatic heterocycles. The Morgan fingerprint density at radius 2 is 0.653 bits per heavy atom. The fraction of sp³-hybridized carbons (Fsp3) is 0.259. The molecule has 0 atom stereocenters. The number of likely N-dealkylation sites (tertiary alicyclic amines) is 2. The number of halogens is 5. The zero-order valence-corrected chi connectivity index (χ0v) is 93.8. The number of hydrogen-bond acceptors (Lipinski definition) is 22. The summed E-state index contributed by atoms with van der Waals surface area (Å²) in [4.78, 5) is 116. The minimum absolute atomic E-state index is 0. The normalized spacial score (nSPS) is 11.8. The van der Waals surface area contributed by atoms with Gasteiger partial charge in [-0.25, -0.2) is 2.43 Å². The van der Waals surface area contributed by atoms with E-state index in [0.29, 0.717) is 122 Å². The Balaban J connectivity index is 0.000000242. The predicted molar refractivity (Wildman–Crippen MR) is 575 cm³/mol. The first-order chi connectivity index (χ1) is 67.7. The Morgan fingerprint density at radius 1 is 0.396 bits per heavy atom. The van der Waals surface area contributed by atoms with Crippen molar-refractivity contribution in [1.29, 1.82) is 26.3 Å². The molecule has 2 aliphatic rings. The quantitative estimate of drug-likeness (QED) is 0.0147. The van der Waals surface area contributed by atoms with E-state index in [1.165, 1.54) is 19.0 Å². The Kier molecular flexibility index (Phi) is 48.6. The van der Waals surface area contributed by atoms with Crippen LogP contribution in [-0.4, -0.2) is 169 Å². The molecule has 28 nitrogen and oxygen atoms in total. The fourth-order valence-electron chi connectivity index (χ4n) is 17.1. The van der Waals surface area contributed by atoms with Crippen LogP contribution < -0.4 is 0 Å². The van der Waals surface area contributed by atoms with Gasteiger partial charge in [0.1, 0.15) is 0 Å². The number of rotatable bonds is 24. The molecule has 0 bridgehead atoms. The van der Waals surface area contributed by atoms with Crippen LogP contribution in [0.2, 0.25) is 0 Å². The van der Waals surface area contributed by atoms with E-state index in [0.717, 1.165) is 146 Å². The number of carbonyl (C=O) groups is 7. The number of pyridine rings is 5. The molecule has 5 aromatic carbocycles. The molecule has 0 unspecified atom stereocenters. The number of alkyl halides is 1. The zero-order chi connectivity index (χ0) is 101. The summed E-state index contributed by atoms with van der Waals surface area (Å²) in [7, 11) is 0. The molecular formula is C108H103BrClI3N17O11V3-3. The molecule has 2 saturated heterocycles. The SMILES string of the molecule is CCOC(=O)Cc1cnc2c(C(=O)CCl)c(C)n(-c3ccc(C#N)cc3)c2c1.CCOC(=O)Cc1cnc2c(C(=O)CN3CCCCC3)c(C)n(-c3ccc(C#N)cc3)c2c1.CCOC(=O)Cc1cnc2cc(C)n(-c3ccc(C#N)cc3)c2c1.Cc1c(C(=O)CN2CCCCC2)c2ncc(CC(=O)O)cc2n1-c1ccc(C#N)cc1.Cc1cc2ncc(Br)cc2n1-c1ccc(C#N)cc1.I[CH-]I.[CH2-]I.[CH3-].[V].[V].[V]. The predicted octanol–water partition coefficient (Wildman–Crippen LogP) is 22.1. The number of carbonyl (C=O) groups excluding carboxylic acids is 6. The van der Waals surface area contributed by atoms with E-state index in [1.54, 1.807) is 112 Å². The number of aromatic nitrogens is 10. The second-order valence-corrected chi connectivity index (χ2v) is 37.3.